The third kappa shape index (κ3) is 3.48. The molecule has 1 heterocycles. The largest absolute Gasteiger partial charge is 0.495 e. The molecule has 0 atom stereocenters. The Balaban J connectivity index is 2.06. The minimum atomic E-state index is 0.388. The van der Waals surface area contributed by atoms with Crippen LogP contribution in [0, 0.1) is 0 Å². The fourth-order valence-corrected chi connectivity index (χ4v) is 2.32. The molecule has 0 amide bonds. The first-order chi connectivity index (χ1) is 9.63. The Labute approximate surface area is 124 Å². The van der Waals surface area contributed by atoms with Crippen molar-refractivity contribution < 1.29 is 4.74 Å². The lowest BCUT2D eigenvalue weighted by atomic mass is 10.2. The standard InChI is InChI=1S/C15H21N3OS/c1-11(2)18-10-12(9-17-18)8-16-14-6-5-13(20-4)7-15(14)19-3/h5-7,9-11,16H,8H2,1-4H3. The van der Waals surface area contributed by atoms with Gasteiger partial charge in [0.1, 0.15) is 5.75 Å². The molecule has 20 heavy (non-hydrogen) atoms. The van der Waals surface area contributed by atoms with Crippen LogP contribution in [-0.4, -0.2) is 23.1 Å². The monoisotopic (exact) mass is 291 g/mol. The zero-order chi connectivity index (χ0) is 14.5. The van der Waals surface area contributed by atoms with Gasteiger partial charge in [-0.25, -0.2) is 0 Å². The highest BCUT2D eigenvalue weighted by molar-refractivity contribution is 7.98. The van der Waals surface area contributed by atoms with Crippen molar-refractivity contribution in [1.29, 1.82) is 0 Å². The van der Waals surface area contributed by atoms with E-state index in [1.54, 1.807) is 18.9 Å². The van der Waals surface area contributed by atoms with Crippen LogP contribution in [0.25, 0.3) is 0 Å². The molecule has 0 aliphatic heterocycles. The summed E-state index contributed by atoms with van der Waals surface area (Å²) in [5, 5.41) is 7.74. The first-order valence-electron chi connectivity index (χ1n) is 6.63. The molecule has 0 saturated carbocycles. The highest BCUT2D eigenvalue weighted by Crippen LogP contribution is 2.29. The fourth-order valence-electron chi connectivity index (χ4n) is 1.89. The molecular weight excluding hydrogens is 270 g/mol. The van der Waals surface area contributed by atoms with Gasteiger partial charge < -0.3 is 10.1 Å². The van der Waals surface area contributed by atoms with E-state index in [2.05, 4.69) is 48.8 Å². The zero-order valence-corrected chi connectivity index (χ0v) is 13.2. The number of hydrogen-bond acceptors (Lipinski definition) is 4. The van der Waals surface area contributed by atoms with Gasteiger partial charge in [0.2, 0.25) is 0 Å². The van der Waals surface area contributed by atoms with Crippen molar-refractivity contribution in [3.8, 4) is 5.75 Å². The number of ether oxygens (including phenoxy) is 1. The van der Waals surface area contributed by atoms with Crippen LogP contribution in [0.3, 0.4) is 0 Å². The molecule has 0 spiro atoms. The molecular formula is C15H21N3OS. The van der Waals surface area contributed by atoms with Crippen LogP contribution in [0.15, 0.2) is 35.5 Å². The van der Waals surface area contributed by atoms with Gasteiger partial charge in [-0.3, -0.25) is 4.68 Å². The van der Waals surface area contributed by atoms with Crippen LogP contribution in [-0.2, 0) is 6.54 Å². The number of anilines is 1. The molecule has 2 rings (SSSR count). The van der Waals surface area contributed by atoms with E-state index in [1.165, 1.54) is 4.90 Å². The average molecular weight is 291 g/mol. The Bertz CT molecular complexity index is 566. The maximum atomic E-state index is 5.42. The van der Waals surface area contributed by atoms with E-state index >= 15 is 0 Å². The van der Waals surface area contributed by atoms with E-state index in [1.807, 2.05) is 16.9 Å². The van der Waals surface area contributed by atoms with E-state index in [-0.39, 0.29) is 0 Å². The van der Waals surface area contributed by atoms with Crippen molar-refractivity contribution in [2.24, 2.45) is 0 Å². The SMILES string of the molecule is COc1cc(SC)ccc1NCc1cnn(C(C)C)c1. The van der Waals surface area contributed by atoms with Gasteiger partial charge in [-0.15, -0.1) is 11.8 Å². The van der Waals surface area contributed by atoms with E-state index in [9.17, 15) is 0 Å². The molecule has 0 aliphatic carbocycles. The van der Waals surface area contributed by atoms with Gasteiger partial charge in [-0.05, 0) is 38.3 Å². The number of benzene rings is 1. The molecule has 1 N–H and O–H groups in total. The van der Waals surface area contributed by atoms with Crippen LogP contribution in [0.5, 0.6) is 5.75 Å². The fraction of sp³-hybridized carbons (Fsp3) is 0.400. The van der Waals surface area contributed by atoms with E-state index in [0.29, 0.717) is 6.04 Å². The van der Waals surface area contributed by atoms with Crippen LogP contribution in [0.2, 0.25) is 0 Å². The first-order valence-corrected chi connectivity index (χ1v) is 7.85. The van der Waals surface area contributed by atoms with Crippen LogP contribution in [0.1, 0.15) is 25.5 Å². The number of nitrogens with one attached hydrogen (secondary N) is 1. The third-order valence-electron chi connectivity index (χ3n) is 3.08. The van der Waals surface area contributed by atoms with E-state index in [0.717, 1.165) is 23.5 Å². The summed E-state index contributed by atoms with van der Waals surface area (Å²) in [6, 6.07) is 6.58. The number of methoxy groups -OCH3 is 1. The minimum absolute atomic E-state index is 0.388. The van der Waals surface area contributed by atoms with Crippen LogP contribution in [0.4, 0.5) is 5.69 Å². The number of hydrogen-bond donors (Lipinski definition) is 1. The second-order valence-corrected chi connectivity index (χ2v) is 5.72. The summed E-state index contributed by atoms with van der Waals surface area (Å²) in [6.45, 7) is 4.98. The van der Waals surface area contributed by atoms with Gasteiger partial charge in [0.25, 0.3) is 0 Å². The summed E-state index contributed by atoms with van der Waals surface area (Å²) in [5.74, 6) is 0.869. The second-order valence-electron chi connectivity index (χ2n) is 4.84. The average Bonchev–Trinajstić information content (AvgIpc) is 2.94. The molecule has 0 aliphatic rings. The maximum absolute atomic E-state index is 5.42. The Kier molecular flexibility index (Phi) is 4.95. The van der Waals surface area contributed by atoms with Gasteiger partial charge >= 0.3 is 0 Å². The molecule has 108 valence electrons. The van der Waals surface area contributed by atoms with Gasteiger partial charge in [-0.2, -0.15) is 5.10 Å². The second kappa shape index (κ2) is 6.70. The summed E-state index contributed by atoms with van der Waals surface area (Å²) in [5.41, 5.74) is 2.16. The van der Waals surface area contributed by atoms with Gasteiger partial charge in [0, 0.05) is 29.2 Å². The molecule has 0 saturated heterocycles. The maximum Gasteiger partial charge on any atom is 0.143 e. The van der Waals surface area contributed by atoms with Crippen molar-refractivity contribution >= 4 is 17.4 Å². The van der Waals surface area contributed by atoms with Crippen molar-refractivity contribution in [3.05, 3.63) is 36.2 Å². The predicted octanol–water partition coefficient (Wildman–Crippen LogP) is 3.81. The Hall–Kier alpha value is -1.62. The van der Waals surface area contributed by atoms with Crippen molar-refractivity contribution in [2.45, 2.75) is 31.3 Å². The molecule has 1 aromatic carbocycles. The summed E-state index contributed by atoms with van der Waals surface area (Å²) >= 11 is 1.71. The predicted molar refractivity (Wildman–Crippen MR) is 84.7 cm³/mol. The van der Waals surface area contributed by atoms with Crippen LogP contribution < -0.4 is 10.1 Å². The molecule has 4 nitrogen and oxygen atoms in total. The Morgan fingerprint density at radius 2 is 2.20 bits per heavy atom. The molecule has 2 aromatic rings. The van der Waals surface area contributed by atoms with E-state index in [4.69, 9.17) is 4.74 Å². The highest BCUT2D eigenvalue weighted by Gasteiger charge is 2.06. The zero-order valence-electron chi connectivity index (χ0n) is 12.4. The molecule has 1 aromatic heterocycles. The topological polar surface area (TPSA) is 39.1 Å². The number of rotatable bonds is 6. The summed E-state index contributed by atoms with van der Waals surface area (Å²) < 4.78 is 7.39. The normalized spacial score (nSPS) is 10.8. The minimum Gasteiger partial charge on any atom is -0.495 e. The van der Waals surface area contributed by atoms with Crippen molar-refractivity contribution in [3.63, 3.8) is 0 Å². The third-order valence-corrected chi connectivity index (χ3v) is 3.80. The quantitative estimate of drug-likeness (QED) is 0.822. The lowest BCUT2D eigenvalue weighted by Gasteiger charge is -2.11. The summed E-state index contributed by atoms with van der Waals surface area (Å²) in [6.07, 6.45) is 6.03. The number of thioether (sulfide) groups is 1. The lowest BCUT2D eigenvalue weighted by molar-refractivity contribution is 0.415. The molecule has 0 fully saturated rings. The lowest BCUT2D eigenvalue weighted by Crippen LogP contribution is -2.02. The molecule has 0 bridgehead atoms. The van der Waals surface area contributed by atoms with Crippen LogP contribution >= 0.6 is 11.8 Å². The smallest absolute Gasteiger partial charge is 0.143 e. The van der Waals surface area contributed by atoms with Gasteiger partial charge in [0.05, 0.1) is 19.0 Å². The number of aromatic nitrogens is 2. The van der Waals surface area contributed by atoms with Crippen molar-refractivity contribution in [2.75, 3.05) is 18.7 Å². The Morgan fingerprint density at radius 1 is 1.40 bits per heavy atom. The highest BCUT2D eigenvalue weighted by atomic mass is 32.2. The summed E-state index contributed by atoms with van der Waals surface area (Å²) in [7, 11) is 1.70. The van der Waals surface area contributed by atoms with Gasteiger partial charge in [-0.1, -0.05) is 0 Å². The van der Waals surface area contributed by atoms with Crippen molar-refractivity contribution in [1.82, 2.24) is 9.78 Å². The molecule has 5 heteroatoms. The molecule has 0 radical (unpaired) electrons. The van der Waals surface area contributed by atoms with E-state index < -0.39 is 0 Å². The Morgan fingerprint density at radius 3 is 2.80 bits per heavy atom. The number of nitrogens with zero attached hydrogens (tertiary/aromatic N) is 2. The summed E-state index contributed by atoms with van der Waals surface area (Å²) in [4.78, 5) is 1.19. The van der Waals surface area contributed by atoms with Gasteiger partial charge in [0.15, 0.2) is 0 Å². The molecule has 0 unspecified atom stereocenters. The first kappa shape index (κ1) is 14.8.